The fourth-order valence-corrected chi connectivity index (χ4v) is 3.56. The molecule has 0 spiro atoms. The SMILES string of the molecule is O=C1NC(=S)S/C1=C/c1cc(Br)ccc1OCc1c(F)cccc1F. The molecule has 0 bridgehead atoms. The number of carbonyl (C=O) groups excluding carboxylic acids is 1. The lowest BCUT2D eigenvalue weighted by molar-refractivity contribution is -0.115. The number of hydrogen-bond donors (Lipinski definition) is 1. The molecule has 2 aromatic rings. The van der Waals surface area contributed by atoms with Gasteiger partial charge in [0.2, 0.25) is 0 Å². The molecule has 128 valence electrons. The number of halogens is 3. The molecule has 0 unspecified atom stereocenters. The van der Waals surface area contributed by atoms with Gasteiger partial charge >= 0.3 is 0 Å². The summed E-state index contributed by atoms with van der Waals surface area (Å²) in [7, 11) is 0. The average molecular weight is 442 g/mol. The maximum atomic E-state index is 13.7. The molecule has 2 aromatic carbocycles. The van der Waals surface area contributed by atoms with Crippen LogP contribution in [-0.4, -0.2) is 10.2 Å². The molecule has 1 amide bonds. The predicted octanol–water partition coefficient (Wildman–Crippen LogP) is 4.80. The van der Waals surface area contributed by atoms with Crippen LogP contribution in [0.3, 0.4) is 0 Å². The molecule has 1 aliphatic heterocycles. The van der Waals surface area contributed by atoms with E-state index in [9.17, 15) is 13.6 Å². The first-order valence-electron chi connectivity index (χ1n) is 7.04. The van der Waals surface area contributed by atoms with Gasteiger partial charge in [-0.25, -0.2) is 8.78 Å². The van der Waals surface area contributed by atoms with Crippen molar-refractivity contribution in [2.75, 3.05) is 0 Å². The number of benzene rings is 2. The first-order valence-corrected chi connectivity index (χ1v) is 9.06. The molecule has 1 N–H and O–H groups in total. The Morgan fingerprint density at radius 3 is 2.60 bits per heavy atom. The number of rotatable bonds is 4. The van der Waals surface area contributed by atoms with Crippen LogP contribution in [0.2, 0.25) is 0 Å². The van der Waals surface area contributed by atoms with Crippen LogP contribution >= 0.6 is 39.9 Å². The summed E-state index contributed by atoms with van der Waals surface area (Å²) in [5, 5.41) is 2.53. The Kier molecular flexibility index (Phi) is 5.51. The maximum absolute atomic E-state index is 13.7. The van der Waals surface area contributed by atoms with E-state index in [0.29, 0.717) is 20.5 Å². The third-order valence-corrected chi connectivity index (χ3v) is 4.99. The Bertz CT molecular complexity index is 882. The van der Waals surface area contributed by atoms with E-state index in [2.05, 4.69) is 21.2 Å². The highest BCUT2D eigenvalue weighted by Crippen LogP contribution is 2.31. The van der Waals surface area contributed by atoms with Crippen LogP contribution in [0.1, 0.15) is 11.1 Å². The Balaban J connectivity index is 1.88. The summed E-state index contributed by atoms with van der Waals surface area (Å²) < 4.78 is 34.2. The van der Waals surface area contributed by atoms with Gasteiger partial charge in [0.1, 0.15) is 28.3 Å². The van der Waals surface area contributed by atoms with Crippen molar-refractivity contribution < 1.29 is 18.3 Å². The summed E-state index contributed by atoms with van der Waals surface area (Å²) in [4.78, 5) is 12.2. The zero-order valence-electron chi connectivity index (χ0n) is 12.5. The number of thiocarbonyl (C=S) groups is 1. The summed E-state index contributed by atoms with van der Waals surface area (Å²) in [5.74, 6) is -1.24. The Morgan fingerprint density at radius 2 is 1.96 bits per heavy atom. The van der Waals surface area contributed by atoms with Crippen LogP contribution in [0.5, 0.6) is 5.75 Å². The lowest BCUT2D eigenvalue weighted by atomic mass is 10.1. The largest absolute Gasteiger partial charge is 0.488 e. The van der Waals surface area contributed by atoms with Crippen molar-refractivity contribution in [1.82, 2.24) is 5.32 Å². The second-order valence-electron chi connectivity index (χ2n) is 5.02. The van der Waals surface area contributed by atoms with Crippen LogP contribution < -0.4 is 10.1 Å². The molecule has 8 heteroatoms. The van der Waals surface area contributed by atoms with Gasteiger partial charge in [-0.3, -0.25) is 4.79 Å². The minimum atomic E-state index is -0.673. The van der Waals surface area contributed by atoms with Gasteiger partial charge in [0.15, 0.2) is 0 Å². The zero-order chi connectivity index (χ0) is 18.0. The minimum absolute atomic E-state index is 0.154. The van der Waals surface area contributed by atoms with Crippen LogP contribution in [0.4, 0.5) is 8.78 Å². The molecule has 1 fully saturated rings. The lowest BCUT2D eigenvalue weighted by Crippen LogP contribution is -2.17. The first-order chi connectivity index (χ1) is 11.9. The number of hydrogen-bond acceptors (Lipinski definition) is 4. The molecule has 1 heterocycles. The Morgan fingerprint density at radius 1 is 1.24 bits per heavy atom. The van der Waals surface area contributed by atoms with Crippen LogP contribution in [-0.2, 0) is 11.4 Å². The molecular weight excluding hydrogens is 432 g/mol. The number of ether oxygens (including phenoxy) is 1. The Hall–Kier alpha value is -1.77. The minimum Gasteiger partial charge on any atom is -0.488 e. The van der Waals surface area contributed by atoms with Crippen molar-refractivity contribution in [3.8, 4) is 5.75 Å². The molecule has 1 aliphatic rings. The van der Waals surface area contributed by atoms with Crippen LogP contribution in [0, 0.1) is 11.6 Å². The van der Waals surface area contributed by atoms with Crippen molar-refractivity contribution in [2.24, 2.45) is 0 Å². The van der Waals surface area contributed by atoms with E-state index in [-0.39, 0.29) is 18.1 Å². The second-order valence-corrected chi connectivity index (χ2v) is 7.66. The van der Waals surface area contributed by atoms with E-state index >= 15 is 0 Å². The summed E-state index contributed by atoms with van der Waals surface area (Å²) in [6.45, 7) is -0.270. The molecule has 1 saturated heterocycles. The summed E-state index contributed by atoms with van der Waals surface area (Å²) in [6.07, 6.45) is 1.62. The number of nitrogens with one attached hydrogen (secondary N) is 1. The molecule has 0 radical (unpaired) electrons. The molecule has 0 aliphatic carbocycles. The average Bonchev–Trinajstić information content (AvgIpc) is 2.86. The normalized spacial score (nSPS) is 15.6. The topological polar surface area (TPSA) is 38.3 Å². The number of amides is 1. The highest BCUT2D eigenvalue weighted by atomic mass is 79.9. The molecule has 0 aromatic heterocycles. The summed E-state index contributed by atoms with van der Waals surface area (Å²) >= 11 is 9.46. The Labute approximate surface area is 160 Å². The van der Waals surface area contributed by atoms with Crippen molar-refractivity contribution in [2.45, 2.75) is 6.61 Å². The molecule has 3 rings (SSSR count). The maximum Gasteiger partial charge on any atom is 0.263 e. The van der Waals surface area contributed by atoms with E-state index in [1.807, 2.05) is 0 Å². The monoisotopic (exact) mass is 441 g/mol. The third kappa shape index (κ3) is 4.26. The van der Waals surface area contributed by atoms with Gasteiger partial charge in [0.25, 0.3) is 5.91 Å². The van der Waals surface area contributed by atoms with Gasteiger partial charge < -0.3 is 10.1 Å². The number of carbonyl (C=O) groups is 1. The van der Waals surface area contributed by atoms with Gasteiger partial charge in [-0.1, -0.05) is 46.0 Å². The number of thioether (sulfide) groups is 1. The van der Waals surface area contributed by atoms with E-state index in [0.717, 1.165) is 16.2 Å². The van der Waals surface area contributed by atoms with Crippen molar-refractivity contribution in [3.63, 3.8) is 0 Å². The zero-order valence-corrected chi connectivity index (χ0v) is 15.7. The van der Waals surface area contributed by atoms with Crippen LogP contribution in [0.25, 0.3) is 6.08 Å². The van der Waals surface area contributed by atoms with E-state index in [1.54, 1.807) is 24.3 Å². The lowest BCUT2D eigenvalue weighted by Gasteiger charge is -2.11. The van der Waals surface area contributed by atoms with Gasteiger partial charge in [0, 0.05) is 10.0 Å². The second kappa shape index (κ2) is 7.63. The fourth-order valence-electron chi connectivity index (χ4n) is 2.15. The van der Waals surface area contributed by atoms with Crippen LogP contribution in [0.15, 0.2) is 45.8 Å². The molecule has 3 nitrogen and oxygen atoms in total. The summed E-state index contributed by atoms with van der Waals surface area (Å²) in [5.41, 5.74) is 0.437. The first kappa shape index (κ1) is 18.0. The van der Waals surface area contributed by atoms with Gasteiger partial charge in [0.05, 0.1) is 10.5 Å². The van der Waals surface area contributed by atoms with Crippen molar-refractivity contribution in [3.05, 3.63) is 68.5 Å². The van der Waals surface area contributed by atoms with Gasteiger partial charge in [-0.05, 0) is 36.4 Å². The van der Waals surface area contributed by atoms with Crippen molar-refractivity contribution in [1.29, 1.82) is 0 Å². The van der Waals surface area contributed by atoms with E-state index < -0.39 is 11.6 Å². The van der Waals surface area contributed by atoms with Gasteiger partial charge in [-0.15, -0.1) is 0 Å². The molecule has 0 saturated carbocycles. The third-order valence-electron chi connectivity index (χ3n) is 3.33. The standard InChI is InChI=1S/C17H10BrF2NO2S2/c18-10-4-5-14(23-8-11-12(19)2-1-3-13(11)20)9(6-10)7-15-16(22)21-17(24)25-15/h1-7H,8H2,(H,21,22,24)/b15-7+. The van der Waals surface area contributed by atoms with E-state index in [1.165, 1.54) is 18.2 Å². The molecular formula is C17H10BrF2NO2S2. The molecule has 25 heavy (non-hydrogen) atoms. The van der Waals surface area contributed by atoms with E-state index in [4.69, 9.17) is 17.0 Å². The predicted molar refractivity (Wildman–Crippen MR) is 101 cm³/mol. The van der Waals surface area contributed by atoms with Gasteiger partial charge in [-0.2, -0.15) is 0 Å². The quantitative estimate of drug-likeness (QED) is 0.546. The molecule has 0 atom stereocenters. The highest BCUT2D eigenvalue weighted by molar-refractivity contribution is 9.10. The van der Waals surface area contributed by atoms with Crippen molar-refractivity contribution >= 4 is 56.2 Å². The highest BCUT2D eigenvalue weighted by Gasteiger charge is 2.22. The fraction of sp³-hybridized carbons (Fsp3) is 0.0588. The smallest absolute Gasteiger partial charge is 0.263 e. The summed E-state index contributed by atoms with van der Waals surface area (Å²) in [6, 6.07) is 8.78.